The smallest absolute Gasteiger partial charge is 0.254 e. The number of carbonyl (C=O) groups excluding carboxylic acids is 2. The van der Waals surface area contributed by atoms with Crippen LogP contribution in [0.3, 0.4) is 0 Å². The number of hydrogen-bond acceptors (Lipinski definition) is 5. The Hall–Kier alpha value is -3.54. The van der Waals surface area contributed by atoms with E-state index in [2.05, 4.69) is 10.6 Å². The molecule has 2 aliphatic rings. The van der Waals surface area contributed by atoms with Crippen LogP contribution in [0.5, 0.6) is 11.5 Å². The zero-order chi connectivity index (χ0) is 22.8. The average Bonchev–Trinajstić information content (AvgIpc) is 2.79. The van der Waals surface area contributed by atoms with E-state index in [1.807, 2.05) is 50.2 Å². The molecule has 0 saturated heterocycles. The van der Waals surface area contributed by atoms with E-state index in [0.29, 0.717) is 29.1 Å². The lowest BCUT2D eigenvalue weighted by Gasteiger charge is -2.35. The fourth-order valence-electron chi connectivity index (χ4n) is 4.56. The average molecular weight is 433 g/mol. The molecule has 1 heterocycles. The van der Waals surface area contributed by atoms with Gasteiger partial charge in [0.15, 0.2) is 5.78 Å². The summed E-state index contributed by atoms with van der Waals surface area (Å²) in [6, 6.07) is 13.1. The van der Waals surface area contributed by atoms with E-state index in [9.17, 15) is 9.59 Å². The number of allylic oxidation sites excluding steroid dienone is 3. The normalized spacial score (nSPS) is 18.1. The Morgan fingerprint density at radius 1 is 1.06 bits per heavy atom. The molecule has 2 aromatic rings. The van der Waals surface area contributed by atoms with Gasteiger partial charge in [0.1, 0.15) is 11.5 Å². The number of hydrogen-bond donors (Lipinski definition) is 2. The molecular formula is C26H28N2O4. The molecule has 6 nitrogen and oxygen atoms in total. The first-order valence-electron chi connectivity index (χ1n) is 10.8. The minimum Gasteiger partial charge on any atom is -0.497 e. The summed E-state index contributed by atoms with van der Waals surface area (Å²) in [6.45, 7) is 3.84. The number of benzene rings is 2. The minimum atomic E-state index is -0.524. The standard InChI is InChI=1S/C26H28N2O4/c1-15-8-5-6-9-19(15)28-26(30)23-16(2)27-20-10-7-11-21(29)25(20)24(23)18-13-12-17(31-3)14-22(18)32-4/h5-6,8-9,12-14,24,27H,7,10-11H2,1-4H3,(H,28,30)/t24-/m1/s1. The third kappa shape index (κ3) is 3.88. The summed E-state index contributed by atoms with van der Waals surface area (Å²) >= 11 is 0. The number of anilines is 1. The Bertz CT molecular complexity index is 1150. The molecule has 0 fully saturated rings. The molecule has 0 bridgehead atoms. The maximum absolute atomic E-state index is 13.6. The van der Waals surface area contributed by atoms with Crippen LogP contribution in [-0.2, 0) is 9.59 Å². The Morgan fingerprint density at radius 2 is 1.84 bits per heavy atom. The molecule has 1 amide bonds. The second-order valence-electron chi connectivity index (χ2n) is 8.14. The Kier molecular flexibility index (Phi) is 6.04. The second kappa shape index (κ2) is 8.91. The van der Waals surface area contributed by atoms with Crippen LogP contribution in [0.15, 0.2) is 65.0 Å². The first kappa shape index (κ1) is 21.7. The molecule has 4 rings (SSSR count). The molecule has 1 aliphatic heterocycles. The van der Waals surface area contributed by atoms with Crippen molar-refractivity contribution in [2.45, 2.75) is 39.0 Å². The van der Waals surface area contributed by atoms with E-state index in [-0.39, 0.29) is 11.7 Å². The molecule has 0 unspecified atom stereocenters. The van der Waals surface area contributed by atoms with Gasteiger partial charge in [0.2, 0.25) is 0 Å². The number of rotatable bonds is 5. The summed E-state index contributed by atoms with van der Waals surface area (Å²) < 4.78 is 11.0. The van der Waals surface area contributed by atoms with E-state index in [4.69, 9.17) is 9.47 Å². The number of carbonyl (C=O) groups is 2. The molecule has 2 N–H and O–H groups in total. The van der Waals surface area contributed by atoms with Crippen molar-refractivity contribution >= 4 is 17.4 Å². The van der Waals surface area contributed by atoms with Gasteiger partial charge in [0, 0.05) is 46.3 Å². The number of amides is 1. The molecule has 1 atom stereocenters. The molecule has 2 aromatic carbocycles. The lowest BCUT2D eigenvalue weighted by molar-refractivity contribution is -0.116. The fraction of sp³-hybridized carbons (Fsp3) is 0.308. The summed E-state index contributed by atoms with van der Waals surface area (Å²) in [4.78, 5) is 26.7. The van der Waals surface area contributed by atoms with Gasteiger partial charge in [-0.3, -0.25) is 9.59 Å². The van der Waals surface area contributed by atoms with Crippen molar-refractivity contribution in [2.75, 3.05) is 19.5 Å². The number of Topliss-reactive ketones (excluding diaryl/α,β-unsaturated/α-hetero) is 1. The van der Waals surface area contributed by atoms with Crippen molar-refractivity contribution in [1.82, 2.24) is 5.32 Å². The maximum Gasteiger partial charge on any atom is 0.254 e. The Morgan fingerprint density at radius 3 is 2.56 bits per heavy atom. The molecule has 0 aromatic heterocycles. The van der Waals surface area contributed by atoms with Crippen LogP contribution in [-0.4, -0.2) is 25.9 Å². The molecule has 1 aliphatic carbocycles. The highest BCUT2D eigenvalue weighted by Crippen LogP contribution is 2.46. The van der Waals surface area contributed by atoms with Gasteiger partial charge >= 0.3 is 0 Å². The zero-order valence-corrected chi connectivity index (χ0v) is 18.9. The summed E-state index contributed by atoms with van der Waals surface area (Å²) in [5.74, 6) is 0.530. The van der Waals surface area contributed by atoms with E-state index in [0.717, 1.165) is 41.1 Å². The van der Waals surface area contributed by atoms with E-state index < -0.39 is 5.92 Å². The van der Waals surface area contributed by atoms with Crippen molar-refractivity contribution in [3.05, 3.63) is 76.1 Å². The lowest BCUT2D eigenvalue weighted by Crippen LogP contribution is -2.35. The lowest BCUT2D eigenvalue weighted by atomic mass is 9.74. The summed E-state index contributed by atoms with van der Waals surface area (Å²) in [5.41, 5.74) is 5.29. The number of para-hydroxylation sites is 1. The van der Waals surface area contributed by atoms with Crippen molar-refractivity contribution in [3.8, 4) is 11.5 Å². The summed E-state index contributed by atoms with van der Waals surface area (Å²) in [6.07, 6.45) is 2.05. The van der Waals surface area contributed by atoms with Crippen molar-refractivity contribution < 1.29 is 19.1 Å². The molecular weight excluding hydrogens is 404 g/mol. The third-order valence-corrected chi connectivity index (χ3v) is 6.17. The van der Waals surface area contributed by atoms with E-state index in [1.54, 1.807) is 20.3 Å². The molecule has 166 valence electrons. The van der Waals surface area contributed by atoms with Crippen LogP contribution in [0, 0.1) is 6.92 Å². The predicted molar refractivity (Wildman–Crippen MR) is 124 cm³/mol. The molecule has 0 radical (unpaired) electrons. The summed E-state index contributed by atoms with van der Waals surface area (Å²) in [5, 5.41) is 6.40. The fourth-order valence-corrected chi connectivity index (χ4v) is 4.56. The first-order chi connectivity index (χ1) is 15.4. The predicted octanol–water partition coefficient (Wildman–Crippen LogP) is 4.62. The molecule has 6 heteroatoms. The van der Waals surface area contributed by atoms with Crippen LogP contribution in [0.25, 0.3) is 0 Å². The van der Waals surface area contributed by atoms with Gasteiger partial charge < -0.3 is 20.1 Å². The van der Waals surface area contributed by atoms with Crippen molar-refractivity contribution in [1.29, 1.82) is 0 Å². The SMILES string of the molecule is COc1ccc([C@@H]2C(C(=O)Nc3ccccc3C)=C(C)NC3=C2C(=O)CCC3)c(OC)c1. The largest absolute Gasteiger partial charge is 0.497 e. The van der Waals surface area contributed by atoms with Gasteiger partial charge in [0.25, 0.3) is 5.91 Å². The highest BCUT2D eigenvalue weighted by molar-refractivity contribution is 6.10. The Balaban J connectivity index is 1.85. The summed E-state index contributed by atoms with van der Waals surface area (Å²) in [7, 11) is 3.18. The van der Waals surface area contributed by atoms with E-state index in [1.165, 1.54) is 0 Å². The van der Waals surface area contributed by atoms with Crippen molar-refractivity contribution in [2.24, 2.45) is 0 Å². The van der Waals surface area contributed by atoms with Gasteiger partial charge in [-0.15, -0.1) is 0 Å². The highest BCUT2D eigenvalue weighted by atomic mass is 16.5. The van der Waals surface area contributed by atoms with Gasteiger partial charge in [-0.05, 0) is 44.4 Å². The van der Waals surface area contributed by atoms with E-state index >= 15 is 0 Å². The van der Waals surface area contributed by atoms with Crippen LogP contribution in [0.1, 0.15) is 43.2 Å². The molecule has 0 saturated carbocycles. The topological polar surface area (TPSA) is 76.7 Å². The minimum absolute atomic E-state index is 0.0651. The number of methoxy groups -OCH3 is 2. The second-order valence-corrected chi connectivity index (χ2v) is 8.14. The van der Waals surface area contributed by atoms with Crippen LogP contribution in [0.4, 0.5) is 5.69 Å². The third-order valence-electron chi connectivity index (χ3n) is 6.17. The number of ether oxygens (including phenoxy) is 2. The van der Waals surface area contributed by atoms with Crippen molar-refractivity contribution in [3.63, 3.8) is 0 Å². The monoisotopic (exact) mass is 432 g/mol. The van der Waals surface area contributed by atoms with Crippen LogP contribution in [0.2, 0.25) is 0 Å². The van der Waals surface area contributed by atoms with Crippen LogP contribution < -0.4 is 20.1 Å². The number of ketones is 1. The van der Waals surface area contributed by atoms with Gasteiger partial charge in [-0.25, -0.2) is 0 Å². The zero-order valence-electron chi connectivity index (χ0n) is 18.9. The quantitative estimate of drug-likeness (QED) is 0.721. The Labute approximate surface area is 188 Å². The van der Waals surface area contributed by atoms with Gasteiger partial charge in [-0.1, -0.05) is 24.3 Å². The number of dihydropyridines is 1. The maximum atomic E-state index is 13.6. The number of aryl methyl sites for hydroxylation is 1. The van der Waals surface area contributed by atoms with Crippen LogP contribution >= 0.6 is 0 Å². The highest BCUT2D eigenvalue weighted by Gasteiger charge is 2.39. The molecule has 0 spiro atoms. The van der Waals surface area contributed by atoms with Gasteiger partial charge in [-0.2, -0.15) is 0 Å². The molecule has 32 heavy (non-hydrogen) atoms. The van der Waals surface area contributed by atoms with Gasteiger partial charge in [0.05, 0.1) is 20.1 Å². The number of nitrogens with one attached hydrogen (secondary N) is 2. The first-order valence-corrected chi connectivity index (χ1v) is 10.8.